The fourth-order valence-corrected chi connectivity index (χ4v) is 4.28. The van der Waals surface area contributed by atoms with E-state index < -0.39 is 0 Å². The van der Waals surface area contributed by atoms with E-state index in [1.165, 1.54) is 17.1 Å². The molecule has 1 aliphatic heterocycles. The molecule has 196 valence electrons. The number of carbonyl (C=O) groups excluding carboxylic acids is 3. The third-order valence-electron chi connectivity index (χ3n) is 6.88. The molecule has 3 amide bonds. The van der Waals surface area contributed by atoms with Gasteiger partial charge in [0.25, 0.3) is 11.8 Å². The first-order valence-corrected chi connectivity index (χ1v) is 13.3. The van der Waals surface area contributed by atoms with E-state index in [9.17, 15) is 14.4 Å². The second-order valence-corrected chi connectivity index (χ2v) is 9.05. The molecule has 0 aliphatic carbocycles. The van der Waals surface area contributed by atoms with Crippen LogP contribution in [0.4, 0.5) is 0 Å². The summed E-state index contributed by atoms with van der Waals surface area (Å²) in [7, 11) is 0. The molecule has 1 atom stereocenters. The van der Waals surface area contributed by atoms with Gasteiger partial charge in [-0.1, -0.05) is 34.1 Å². The Labute approximate surface area is 207 Å². The molecule has 0 saturated heterocycles. The summed E-state index contributed by atoms with van der Waals surface area (Å²) in [6, 6.07) is 0.519. The lowest BCUT2D eigenvalue weighted by molar-refractivity contribution is -0.137. The summed E-state index contributed by atoms with van der Waals surface area (Å²) in [6.45, 7) is 21.0. The summed E-state index contributed by atoms with van der Waals surface area (Å²) in [5.74, 6) is -0.592. The molecule has 8 heteroatoms. The van der Waals surface area contributed by atoms with Crippen LogP contribution >= 0.6 is 0 Å². The number of rotatable bonds is 20. The van der Waals surface area contributed by atoms with E-state index in [4.69, 9.17) is 0 Å². The molecule has 0 unspecified atom stereocenters. The Morgan fingerprint density at radius 3 is 1.88 bits per heavy atom. The Morgan fingerprint density at radius 1 is 0.853 bits per heavy atom. The van der Waals surface area contributed by atoms with Gasteiger partial charge in [-0.3, -0.25) is 24.2 Å². The Bertz CT molecular complexity index is 598. The molecule has 0 aromatic heterocycles. The lowest BCUT2D eigenvalue weighted by Gasteiger charge is -2.33. The van der Waals surface area contributed by atoms with Crippen LogP contribution in [0.25, 0.3) is 0 Å². The number of amides is 3. The van der Waals surface area contributed by atoms with Crippen molar-refractivity contribution in [3.63, 3.8) is 0 Å². The minimum atomic E-state index is -0.289. The van der Waals surface area contributed by atoms with Crippen molar-refractivity contribution in [2.45, 2.75) is 72.8 Å². The van der Waals surface area contributed by atoms with Crippen LogP contribution in [-0.4, -0.2) is 109 Å². The zero-order valence-corrected chi connectivity index (χ0v) is 22.4. The molecule has 0 bridgehead atoms. The number of hydrogen-bond acceptors (Lipinski definition) is 6. The number of imide groups is 1. The molecular formula is C26H49N5O3. The summed E-state index contributed by atoms with van der Waals surface area (Å²) in [5, 5.41) is 2.97. The fourth-order valence-electron chi connectivity index (χ4n) is 4.28. The van der Waals surface area contributed by atoms with Gasteiger partial charge < -0.3 is 15.1 Å². The highest BCUT2D eigenvalue weighted by Crippen LogP contribution is 2.10. The minimum absolute atomic E-state index is 0.0137. The van der Waals surface area contributed by atoms with Crippen LogP contribution < -0.4 is 5.32 Å². The van der Waals surface area contributed by atoms with Crippen LogP contribution in [-0.2, 0) is 14.4 Å². The highest BCUT2D eigenvalue weighted by atomic mass is 16.2. The first-order valence-electron chi connectivity index (χ1n) is 13.3. The van der Waals surface area contributed by atoms with E-state index in [1.807, 2.05) is 0 Å². The van der Waals surface area contributed by atoms with Crippen LogP contribution in [0.1, 0.15) is 66.7 Å². The van der Waals surface area contributed by atoms with Crippen molar-refractivity contribution in [3.8, 4) is 0 Å². The molecule has 0 radical (unpaired) electrons. The molecule has 34 heavy (non-hydrogen) atoms. The standard InChI is InChI=1S/C26H49N5O3/c1-6-28(7-2)19-21-30(22-20-29(8-3)9-4)23(5)13-10-11-17-27-24(32)14-12-18-31-25(33)15-16-26(31)34/h15-16,23H,6-14,17-22H2,1-5H3,(H,27,32)/t23-/m1/s1. The monoisotopic (exact) mass is 479 g/mol. The lowest BCUT2D eigenvalue weighted by Crippen LogP contribution is -2.44. The van der Waals surface area contributed by atoms with Crippen molar-refractivity contribution < 1.29 is 14.4 Å². The number of likely N-dealkylation sites (N-methyl/N-ethyl adjacent to an activating group) is 2. The maximum absolute atomic E-state index is 12.1. The average Bonchev–Trinajstić information content (AvgIpc) is 3.15. The second-order valence-electron chi connectivity index (χ2n) is 9.05. The zero-order chi connectivity index (χ0) is 25.3. The van der Waals surface area contributed by atoms with Crippen LogP contribution in [0.15, 0.2) is 12.2 Å². The summed E-state index contributed by atoms with van der Waals surface area (Å²) in [6.07, 6.45) is 6.54. The summed E-state index contributed by atoms with van der Waals surface area (Å²) in [4.78, 5) is 43.9. The summed E-state index contributed by atoms with van der Waals surface area (Å²) < 4.78 is 0. The van der Waals surface area contributed by atoms with Gasteiger partial charge in [0.05, 0.1) is 0 Å². The van der Waals surface area contributed by atoms with Crippen LogP contribution in [0.2, 0.25) is 0 Å². The Kier molecular flexibility index (Phi) is 15.7. The number of carbonyl (C=O) groups is 3. The quantitative estimate of drug-likeness (QED) is 0.213. The van der Waals surface area contributed by atoms with Gasteiger partial charge in [-0.15, -0.1) is 0 Å². The fraction of sp³-hybridized carbons (Fsp3) is 0.808. The number of nitrogens with zero attached hydrogens (tertiary/aromatic N) is 4. The van der Waals surface area contributed by atoms with E-state index >= 15 is 0 Å². The van der Waals surface area contributed by atoms with Crippen molar-refractivity contribution in [1.82, 2.24) is 24.9 Å². The van der Waals surface area contributed by atoms with E-state index in [2.05, 4.69) is 54.6 Å². The summed E-state index contributed by atoms with van der Waals surface area (Å²) >= 11 is 0. The molecule has 1 heterocycles. The minimum Gasteiger partial charge on any atom is -0.356 e. The Balaban J connectivity index is 2.29. The van der Waals surface area contributed by atoms with Crippen molar-refractivity contribution in [1.29, 1.82) is 0 Å². The topological polar surface area (TPSA) is 76.2 Å². The Hall–Kier alpha value is -1.77. The van der Waals surface area contributed by atoms with Crippen molar-refractivity contribution >= 4 is 17.7 Å². The van der Waals surface area contributed by atoms with Gasteiger partial charge >= 0.3 is 0 Å². The van der Waals surface area contributed by atoms with Gasteiger partial charge in [0.1, 0.15) is 0 Å². The molecule has 1 N–H and O–H groups in total. The normalized spacial score (nSPS) is 14.8. The van der Waals surface area contributed by atoms with Gasteiger partial charge in [-0.05, 0) is 52.4 Å². The van der Waals surface area contributed by atoms with E-state index in [0.717, 1.165) is 71.6 Å². The van der Waals surface area contributed by atoms with Crippen molar-refractivity contribution in [2.75, 3.05) is 65.4 Å². The van der Waals surface area contributed by atoms with Gasteiger partial charge in [0, 0.05) is 63.9 Å². The number of hydrogen-bond donors (Lipinski definition) is 1. The molecule has 0 spiro atoms. The van der Waals surface area contributed by atoms with Crippen LogP contribution in [0.3, 0.4) is 0 Å². The predicted molar refractivity (Wildman–Crippen MR) is 139 cm³/mol. The van der Waals surface area contributed by atoms with Gasteiger partial charge in [0.15, 0.2) is 0 Å². The number of nitrogens with one attached hydrogen (secondary N) is 1. The highest BCUT2D eigenvalue weighted by molar-refractivity contribution is 6.12. The van der Waals surface area contributed by atoms with Gasteiger partial charge in [-0.2, -0.15) is 0 Å². The molecule has 1 rings (SSSR count). The van der Waals surface area contributed by atoms with E-state index in [-0.39, 0.29) is 17.7 Å². The molecule has 0 fully saturated rings. The van der Waals surface area contributed by atoms with Crippen molar-refractivity contribution in [3.05, 3.63) is 12.2 Å². The molecular weight excluding hydrogens is 430 g/mol. The van der Waals surface area contributed by atoms with Crippen LogP contribution in [0.5, 0.6) is 0 Å². The van der Waals surface area contributed by atoms with Gasteiger partial charge in [-0.25, -0.2) is 0 Å². The molecule has 0 aromatic carbocycles. The maximum Gasteiger partial charge on any atom is 0.253 e. The Morgan fingerprint density at radius 2 is 1.38 bits per heavy atom. The first-order chi connectivity index (χ1) is 16.4. The third kappa shape index (κ3) is 11.6. The SMILES string of the molecule is CCN(CC)CCN(CCN(CC)CC)[C@H](C)CCCCNC(=O)CCCN1C(=O)C=CC1=O. The molecule has 0 saturated carbocycles. The predicted octanol–water partition coefficient (Wildman–Crippen LogP) is 2.35. The maximum atomic E-state index is 12.1. The van der Waals surface area contributed by atoms with Gasteiger partial charge in [0.2, 0.25) is 5.91 Å². The highest BCUT2D eigenvalue weighted by Gasteiger charge is 2.22. The van der Waals surface area contributed by atoms with Crippen molar-refractivity contribution in [2.24, 2.45) is 0 Å². The lowest BCUT2D eigenvalue weighted by atomic mass is 10.1. The summed E-state index contributed by atoms with van der Waals surface area (Å²) in [5.41, 5.74) is 0. The molecule has 0 aromatic rings. The third-order valence-corrected chi connectivity index (χ3v) is 6.88. The largest absolute Gasteiger partial charge is 0.356 e. The first kappa shape index (κ1) is 30.3. The van der Waals surface area contributed by atoms with E-state index in [0.29, 0.717) is 32.0 Å². The zero-order valence-electron chi connectivity index (χ0n) is 22.4. The number of unbranched alkanes of at least 4 members (excludes halogenated alkanes) is 1. The molecule has 1 aliphatic rings. The second kappa shape index (κ2) is 17.6. The molecule has 8 nitrogen and oxygen atoms in total. The average molecular weight is 480 g/mol. The van der Waals surface area contributed by atoms with Crippen LogP contribution in [0, 0.1) is 0 Å². The smallest absolute Gasteiger partial charge is 0.253 e. The van der Waals surface area contributed by atoms with E-state index in [1.54, 1.807) is 0 Å².